The Kier molecular flexibility index (Phi) is 4.88. The van der Waals surface area contributed by atoms with Crippen molar-refractivity contribution in [3.8, 4) is 0 Å². The van der Waals surface area contributed by atoms with Gasteiger partial charge in [0.25, 0.3) is 0 Å². The van der Waals surface area contributed by atoms with Crippen molar-refractivity contribution in [2.45, 2.75) is 84.5 Å². The number of hydrogen-bond donors (Lipinski definition) is 1. The Morgan fingerprint density at radius 3 is 2.37 bits per heavy atom. The standard InChI is InChI=1S/C16H30N2O/c1-5-6-7-15-16(19)18(13(4)17-15)14-9-11(2)8-12(3)10-14/h11-15,17H,5-10H2,1-4H3. The Labute approximate surface area is 118 Å². The van der Waals surface area contributed by atoms with Crippen LogP contribution in [0.3, 0.4) is 0 Å². The summed E-state index contributed by atoms with van der Waals surface area (Å²) in [6.07, 6.45) is 7.20. The highest BCUT2D eigenvalue weighted by Crippen LogP contribution is 2.34. The van der Waals surface area contributed by atoms with Crippen molar-refractivity contribution in [3.63, 3.8) is 0 Å². The maximum Gasteiger partial charge on any atom is 0.241 e. The molecule has 1 aliphatic carbocycles. The second-order valence-electron chi connectivity index (χ2n) is 6.85. The minimum atomic E-state index is 0.0717. The topological polar surface area (TPSA) is 32.3 Å². The Hall–Kier alpha value is -0.570. The van der Waals surface area contributed by atoms with Crippen LogP contribution in [-0.4, -0.2) is 29.1 Å². The van der Waals surface area contributed by atoms with Gasteiger partial charge in [-0.3, -0.25) is 10.1 Å². The quantitative estimate of drug-likeness (QED) is 0.848. The Balaban J connectivity index is 2.01. The lowest BCUT2D eigenvalue weighted by atomic mass is 9.79. The summed E-state index contributed by atoms with van der Waals surface area (Å²) < 4.78 is 0. The van der Waals surface area contributed by atoms with Crippen LogP contribution in [0.2, 0.25) is 0 Å². The van der Waals surface area contributed by atoms with Crippen molar-refractivity contribution in [3.05, 3.63) is 0 Å². The van der Waals surface area contributed by atoms with Crippen molar-refractivity contribution in [1.29, 1.82) is 0 Å². The van der Waals surface area contributed by atoms with Gasteiger partial charge < -0.3 is 4.90 Å². The number of nitrogens with zero attached hydrogens (tertiary/aromatic N) is 1. The maximum atomic E-state index is 12.6. The van der Waals surface area contributed by atoms with Crippen LogP contribution in [0.25, 0.3) is 0 Å². The molecule has 2 fully saturated rings. The number of unbranched alkanes of at least 4 members (excludes halogenated alkanes) is 1. The first-order chi connectivity index (χ1) is 9.02. The van der Waals surface area contributed by atoms with Gasteiger partial charge in [-0.2, -0.15) is 0 Å². The second-order valence-corrected chi connectivity index (χ2v) is 6.85. The molecule has 3 heteroatoms. The van der Waals surface area contributed by atoms with Crippen LogP contribution in [0.15, 0.2) is 0 Å². The average molecular weight is 266 g/mol. The molecular weight excluding hydrogens is 236 g/mol. The van der Waals surface area contributed by atoms with Crippen molar-refractivity contribution in [2.75, 3.05) is 0 Å². The SMILES string of the molecule is CCCCC1NC(C)N(C2CC(C)CC(C)C2)C1=O. The van der Waals surface area contributed by atoms with Gasteiger partial charge in [-0.1, -0.05) is 33.6 Å². The van der Waals surface area contributed by atoms with Gasteiger partial charge in [-0.05, 0) is 44.4 Å². The van der Waals surface area contributed by atoms with E-state index in [2.05, 4.69) is 37.9 Å². The van der Waals surface area contributed by atoms with Crippen molar-refractivity contribution < 1.29 is 4.79 Å². The third-order valence-electron chi connectivity index (χ3n) is 4.81. The zero-order valence-corrected chi connectivity index (χ0v) is 13.0. The first-order valence-electron chi connectivity index (χ1n) is 8.11. The zero-order chi connectivity index (χ0) is 14.0. The highest BCUT2D eigenvalue weighted by atomic mass is 16.2. The molecule has 110 valence electrons. The molecule has 3 nitrogen and oxygen atoms in total. The molecule has 4 unspecified atom stereocenters. The average Bonchev–Trinajstić information content (AvgIpc) is 2.60. The summed E-state index contributed by atoms with van der Waals surface area (Å²) in [7, 11) is 0. The largest absolute Gasteiger partial charge is 0.323 e. The number of nitrogens with one attached hydrogen (secondary N) is 1. The van der Waals surface area contributed by atoms with E-state index < -0.39 is 0 Å². The molecule has 1 amide bonds. The zero-order valence-electron chi connectivity index (χ0n) is 13.0. The molecular formula is C16H30N2O. The molecule has 4 atom stereocenters. The first kappa shape index (κ1) is 14.8. The fourth-order valence-electron chi connectivity index (χ4n) is 4.06. The van der Waals surface area contributed by atoms with Crippen LogP contribution >= 0.6 is 0 Å². The molecule has 0 spiro atoms. The second kappa shape index (κ2) is 6.25. The number of rotatable bonds is 4. The molecule has 1 heterocycles. The first-order valence-corrected chi connectivity index (χ1v) is 8.11. The highest BCUT2D eigenvalue weighted by Gasteiger charge is 2.41. The molecule has 1 saturated carbocycles. The van der Waals surface area contributed by atoms with Crippen molar-refractivity contribution in [1.82, 2.24) is 10.2 Å². The molecule has 1 saturated heterocycles. The molecule has 0 aromatic rings. The van der Waals surface area contributed by atoms with Gasteiger partial charge in [0.15, 0.2) is 0 Å². The van der Waals surface area contributed by atoms with Crippen LogP contribution in [0, 0.1) is 11.8 Å². The lowest BCUT2D eigenvalue weighted by molar-refractivity contribution is -0.133. The number of amides is 1. The van der Waals surface area contributed by atoms with Gasteiger partial charge >= 0.3 is 0 Å². The van der Waals surface area contributed by atoms with E-state index in [1.54, 1.807) is 0 Å². The van der Waals surface area contributed by atoms with E-state index in [1.807, 2.05) is 0 Å². The number of carbonyl (C=O) groups is 1. The summed E-state index contributed by atoms with van der Waals surface area (Å²) in [5.74, 6) is 1.86. The molecule has 1 N–H and O–H groups in total. The molecule has 0 radical (unpaired) electrons. The normalized spacial score (nSPS) is 39.9. The van der Waals surface area contributed by atoms with E-state index in [0.29, 0.717) is 11.9 Å². The van der Waals surface area contributed by atoms with Crippen LogP contribution in [0.5, 0.6) is 0 Å². The van der Waals surface area contributed by atoms with Gasteiger partial charge in [0.1, 0.15) is 0 Å². The molecule has 0 aromatic carbocycles. The van der Waals surface area contributed by atoms with E-state index in [-0.39, 0.29) is 12.2 Å². The van der Waals surface area contributed by atoms with E-state index in [4.69, 9.17) is 0 Å². The Morgan fingerprint density at radius 2 is 1.79 bits per heavy atom. The van der Waals surface area contributed by atoms with Gasteiger partial charge in [0.2, 0.25) is 5.91 Å². The smallest absolute Gasteiger partial charge is 0.241 e. The third-order valence-corrected chi connectivity index (χ3v) is 4.81. The summed E-state index contributed by atoms with van der Waals surface area (Å²) in [5, 5.41) is 3.49. The monoisotopic (exact) mass is 266 g/mol. The van der Waals surface area contributed by atoms with E-state index in [9.17, 15) is 4.79 Å². The summed E-state index contributed by atoms with van der Waals surface area (Å²) in [6, 6.07) is 0.530. The van der Waals surface area contributed by atoms with Gasteiger partial charge in [-0.15, -0.1) is 0 Å². The minimum Gasteiger partial charge on any atom is -0.323 e. The fourth-order valence-corrected chi connectivity index (χ4v) is 4.06. The maximum absolute atomic E-state index is 12.6. The minimum absolute atomic E-state index is 0.0717. The molecule has 1 aliphatic heterocycles. The fraction of sp³-hybridized carbons (Fsp3) is 0.938. The summed E-state index contributed by atoms with van der Waals surface area (Å²) in [6.45, 7) is 8.99. The Morgan fingerprint density at radius 1 is 1.16 bits per heavy atom. The summed E-state index contributed by atoms with van der Waals surface area (Å²) >= 11 is 0. The van der Waals surface area contributed by atoms with Gasteiger partial charge in [0.05, 0.1) is 12.2 Å². The lowest BCUT2D eigenvalue weighted by Crippen LogP contribution is -2.46. The van der Waals surface area contributed by atoms with Crippen molar-refractivity contribution in [2.24, 2.45) is 11.8 Å². The number of carbonyl (C=O) groups excluding carboxylic acids is 1. The number of hydrogen-bond acceptors (Lipinski definition) is 2. The summed E-state index contributed by atoms with van der Waals surface area (Å²) in [4.78, 5) is 14.8. The van der Waals surface area contributed by atoms with E-state index in [0.717, 1.165) is 31.1 Å². The molecule has 0 aromatic heterocycles. The van der Waals surface area contributed by atoms with Gasteiger partial charge in [-0.25, -0.2) is 0 Å². The highest BCUT2D eigenvalue weighted by molar-refractivity contribution is 5.84. The molecule has 2 aliphatic rings. The van der Waals surface area contributed by atoms with Crippen LogP contribution in [0.1, 0.15) is 66.2 Å². The van der Waals surface area contributed by atoms with E-state index in [1.165, 1.54) is 19.3 Å². The van der Waals surface area contributed by atoms with Crippen LogP contribution in [0.4, 0.5) is 0 Å². The van der Waals surface area contributed by atoms with Crippen molar-refractivity contribution >= 4 is 5.91 Å². The molecule has 19 heavy (non-hydrogen) atoms. The summed E-state index contributed by atoms with van der Waals surface area (Å²) in [5.41, 5.74) is 0. The molecule has 2 rings (SSSR count). The predicted molar refractivity (Wildman–Crippen MR) is 78.7 cm³/mol. The third kappa shape index (κ3) is 3.31. The van der Waals surface area contributed by atoms with Crippen LogP contribution < -0.4 is 5.32 Å². The van der Waals surface area contributed by atoms with Crippen LogP contribution in [-0.2, 0) is 4.79 Å². The molecule has 0 bridgehead atoms. The lowest BCUT2D eigenvalue weighted by Gasteiger charge is -2.39. The predicted octanol–water partition coefficient (Wildman–Crippen LogP) is 3.15. The van der Waals surface area contributed by atoms with E-state index >= 15 is 0 Å². The van der Waals surface area contributed by atoms with Gasteiger partial charge in [0, 0.05) is 6.04 Å². The Bertz CT molecular complexity index is 308.